The van der Waals surface area contributed by atoms with E-state index in [1.165, 1.54) is 0 Å². The predicted molar refractivity (Wildman–Crippen MR) is 82.1 cm³/mol. The lowest BCUT2D eigenvalue weighted by molar-refractivity contribution is -0.127. The van der Waals surface area contributed by atoms with E-state index in [1.54, 1.807) is 19.3 Å². The van der Waals surface area contributed by atoms with Gasteiger partial charge in [-0.05, 0) is 55.7 Å². The molecule has 1 heterocycles. The molecule has 1 aromatic heterocycles. The summed E-state index contributed by atoms with van der Waals surface area (Å²) in [6, 6.07) is 9.58. The Labute approximate surface area is 125 Å². The number of carbonyl (C=O) groups is 1. The van der Waals surface area contributed by atoms with Gasteiger partial charge in [0.25, 0.3) is 5.91 Å². The number of nitrogens with zero attached hydrogens (tertiary/aromatic N) is 1. The number of aryl methyl sites for hydroxylation is 1. The fourth-order valence-electron chi connectivity index (χ4n) is 1.93. The molecular formula is C17H20N2O2. The lowest BCUT2D eigenvalue weighted by Crippen LogP contribution is -2.36. The van der Waals surface area contributed by atoms with Crippen molar-refractivity contribution in [2.45, 2.75) is 33.4 Å². The van der Waals surface area contributed by atoms with Gasteiger partial charge in [0.1, 0.15) is 5.75 Å². The Morgan fingerprint density at radius 2 is 1.95 bits per heavy atom. The largest absolute Gasteiger partial charge is 0.481 e. The summed E-state index contributed by atoms with van der Waals surface area (Å²) in [6.07, 6.45) is 2.88. The highest BCUT2D eigenvalue weighted by molar-refractivity contribution is 5.80. The number of carbonyl (C=O) groups excluding carboxylic acids is 1. The van der Waals surface area contributed by atoms with Gasteiger partial charge in [-0.2, -0.15) is 0 Å². The molecule has 0 bridgehead atoms. The van der Waals surface area contributed by atoms with Crippen LogP contribution in [0.5, 0.6) is 5.75 Å². The van der Waals surface area contributed by atoms with Crippen LogP contribution in [-0.4, -0.2) is 17.0 Å². The van der Waals surface area contributed by atoms with E-state index in [9.17, 15) is 4.79 Å². The summed E-state index contributed by atoms with van der Waals surface area (Å²) >= 11 is 0. The first kappa shape index (κ1) is 15.0. The smallest absolute Gasteiger partial charge is 0.261 e. The van der Waals surface area contributed by atoms with Gasteiger partial charge in [0, 0.05) is 18.9 Å². The maximum atomic E-state index is 12.1. The number of aromatic nitrogens is 1. The third kappa shape index (κ3) is 4.05. The second kappa shape index (κ2) is 6.88. The van der Waals surface area contributed by atoms with Crippen molar-refractivity contribution in [3.63, 3.8) is 0 Å². The zero-order valence-corrected chi connectivity index (χ0v) is 12.6. The van der Waals surface area contributed by atoms with E-state index in [1.807, 2.05) is 44.2 Å². The van der Waals surface area contributed by atoms with E-state index >= 15 is 0 Å². The highest BCUT2D eigenvalue weighted by Crippen LogP contribution is 2.21. The van der Waals surface area contributed by atoms with Gasteiger partial charge in [-0.3, -0.25) is 9.78 Å². The topological polar surface area (TPSA) is 51.2 Å². The van der Waals surface area contributed by atoms with Crippen LogP contribution in [0.2, 0.25) is 0 Å². The van der Waals surface area contributed by atoms with Crippen LogP contribution in [0.4, 0.5) is 0 Å². The normalized spacial score (nSPS) is 11.8. The third-order valence-electron chi connectivity index (χ3n) is 3.44. The van der Waals surface area contributed by atoms with Gasteiger partial charge >= 0.3 is 0 Å². The third-order valence-corrected chi connectivity index (χ3v) is 3.44. The van der Waals surface area contributed by atoms with Crippen molar-refractivity contribution in [1.29, 1.82) is 0 Å². The Balaban J connectivity index is 1.92. The molecule has 1 atom stereocenters. The number of pyridine rings is 1. The Hall–Kier alpha value is -2.36. The molecule has 21 heavy (non-hydrogen) atoms. The lowest BCUT2D eigenvalue weighted by Gasteiger charge is -2.17. The molecule has 0 spiro atoms. The van der Waals surface area contributed by atoms with E-state index in [0.717, 1.165) is 22.4 Å². The zero-order valence-electron chi connectivity index (χ0n) is 12.6. The van der Waals surface area contributed by atoms with Gasteiger partial charge in [-0.1, -0.05) is 12.1 Å². The second-order valence-corrected chi connectivity index (χ2v) is 5.03. The Morgan fingerprint density at radius 3 is 2.67 bits per heavy atom. The monoisotopic (exact) mass is 284 g/mol. The van der Waals surface area contributed by atoms with E-state index in [4.69, 9.17) is 4.74 Å². The van der Waals surface area contributed by atoms with Crippen LogP contribution in [0.3, 0.4) is 0 Å². The number of hydrogen-bond acceptors (Lipinski definition) is 3. The quantitative estimate of drug-likeness (QED) is 0.918. The molecule has 2 aromatic rings. The second-order valence-electron chi connectivity index (χ2n) is 5.03. The molecule has 0 radical (unpaired) electrons. The van der Waals surface area contributed by atoms with Crippen molar-refractivity contribution < 1.29 is 9.53 Å². The van der Waals surface area contributed by atoms with Gasteiger partial charge in [-0.25, -0.2) is 0 Å². The first-order chi connectivity index (χ1) is 10.1. The summed E-state index contributed by atoms with van der Waals surface area (Å²) in [5.74, 6) is 0.620. The standard InChI is InChI=1S/C17H20N2O2/c1-12-5-4-6-16(13(12)2)21-14(3)17(20)19-11-15-7-9-18-10-8-15/h4-10,14H,11H2,1-3H3,(H,19,20)/t14-/m0/s1. The Kier molecular flexibility index (Phi) is 4.93. The summed E-state index contributed by atoms with van der Waals surface area (Å²) in [4.78, 5) is 16.0. The summed E-state index contributed by atoms with van der Waals surface area (Å²) < 4.78 is 5.75. The van der Waals surface area contributed by atoms with Gasteiger partial charge in [0.15, 0.2) is 6.10 Å². The van der Waals surface area contributed by atoms with Gasteiger partial charge in [0.2, 0.25) is 0 Å². The van der Waals surface area contributed by atoms with Crippen LogP contribution in [0.25, 0.3) is 0 Å². The van der Waals surface area contributed by atoms with Gasteiger partial charge in [0.05, 0.1) is 0 Å². The minimum atomic E-state index is -0.535. The summed E-state index contributed by atoms with van der Waals surface area (Å²) in [6.45, 7) is 6.24. The van der Waals surface area contributed by atoms with Crippen molar-refractivity contribution in [2.24, 2.45) is 0 Å². The predicted octanol–water partition coefficient (Wildman–Crippen LogP) is 2.78. The lowest BCUT2D eigenvalue weighted by atomic mass is 10.1. The van der Waals surface area contributed by atoms with Crippen molar-refractivity contribution in [1.82, 2.24) is 10.3 Å². The Morgan fingerprint density at radius 1 is 1.24 bits per heavy atom. The molecule has 4 nitrogen and oxygen atoms in total. The number of amides is 1. The average molecular weight is 284 g/mol. The molecule has 2 rings (SSSR count). The molecule has 0 saturated heterocycles. The summed E-state index contributed by atoms with van der Waals surface area (Å²) in [7, 11) is 0. The molecule has 1 amide bonds. The SMILES string of the molecule is Cc1cccc(O[C@@H](C)C(=O)NCc2ccncc2)c1C. The zero-order chi connectivity index (χ0) is 15.2. The highest BCUT2D eigenvalue weighted by atomic mass is 16.5. The van der Waals surface area contributed by atoms with E-state index in [0.29, 0.717) is 6.54 Å². The molecule has 0 aliphatic carbocycles. The first-order valence-corrected chi connectivity index (χ1v) is 6.97. The fraction of sp³-hybridized carbons (Fsp3) is 0.294. The van der Waals surface area contributed by atoms with E-state index in [2.05, 4.69) is 10.3 Å². The molecule has 0 aliphatic heterocycles. The average Bonchev–Trinajstić information content (AvgIpc) is 2.50. The highest BCUT2D eigenvalue weighted by Gasteiger charge is 2.15. The van der Waals surface area contributed by atoms with Crippen LogP contribution < -0.4 is 10.1 Å². The molecule has 1 N–H and O–H groups in total. The van der Waals surface area contributed by atoms with Gasteiger partial charge < -0.3 is 10.1 Å². The minimum absolute atomic E-state index is 0.132. The molecule has 0 fully saturated rings. The van der Waals surface area contributed by atoms with E-state index < -0.39 is 6.10 Å². The van der Waals surface area contributed by atoms with Crippen LogP contribution in [0, 0.1) is 13.8 Å². The van der Waals surface area contributed by atoms with E-state index in [-0.39, 0.29) is 5.91 Å². The van der Waals surface area contributed by atoms with Crippen LogP contribution >= 0.6 is 0 Å². The first-order valence-electron chi connectivity index (χ1n) is 6.97. The molecule has 0 unspecified atom stereocenters. The van der Waals surface area contributed by atoms with Crippen molar-refractivity contribution in [3.05, 3.63) is 59.4 Å². The summed E-state index contributed by atoms with van der Waals surface area (Å²) in [5, 5.41) is 2.86. The van der Waals surface area contributed by atoms with Crippen molar-refractivity contribution >= 4 is 5.91 Å². The van der Waals surface area contributed by atoms with Crippen LogP contribution in [0.15, 0.2) is 42.7 Å². The van der Waals surface area contributed by atoms with Crippen molar-refractivity contribution in [3.8, 4) is 5.75 Å². The molecule has 0 saturated carbocycles. The maximum Gasteiger partial charge on any atom is 0.261 e. The fourth-order valence-corrected chi connectivity index (χ4v) is 1.93. The molecule has 4 heteroatoms. The van der Waals surface area contributed by atoms with Crippen molar-refractivity contribution in [2.75, 3.05) is 0 Å². The number of hydrogen-bond donors (Lipinski definition) is 1. The van der Waals surface area contributed by atoms with Gasteiger partial charge in [-0.15, -0.1) is 0 Å². The summed E-state index contributed by atoms with van der Waals surface area (Å²) in [5.41, 5.74) is 3.22. The number of ether oxygens (including phenoxy) is 1. The molecule has 110 valence electrons. The maximum absolute atomic E-state index is 12.1. The number of rotatable bonds is 5. The van der Waals surface area contributed by atoms with Crippen LogP contribution in [0.1, 0.15) is 23.6 Å². The molecule has 0 aliphatic rings. The molecule has 1 aromatic carbocycles. The minimum Gasteiger partial charge on any atom is -0.481 e. The Bertz CT molecular complexity index is 611. The van der Waals surface area contributed by atoms with Crippen LogP contribution in [-0.2, 0) is 11.3 Å². The number of benzene rings is 1. The molecular weight excluding hydrogens is 264 g/mol. The number of nitrogens with one attached hydrogen (secondary N) is 1.